The van der Waals surface area contributed by atoms with Crippen LogP contribution in [0.15, 0.2) is 0 Å². The molecule has 0 aromatic rings. The molecule has 96 valence electrons. The topological polar surface area (TPSA) is 66.8 Å². The summed E-state index contributed by atoms with van der Waals surface area (Å²) in [7, 11) is 0. The summed E-state index contributed by atoms with van der Waals surface area (Å²) in [6, 6.07) is 0.241. The fraction of sp³-hybridized carbons (Fsp3) is 0.833. The molecule has 5 heteroatoms. The number of carbonyl (C=O) groups is 2. The molecule has 0 aliphatic carbocycles. The van der Waals surface area contributed by atoms with Crippen molar-refractivity contribution in [2.75, 3.05) is 6.54 Å². The van der Waals surface area contributed by atoms with Gasteiger partial charge in [-0.3, -0.25) is 4.79 Å². The summed E-state index contributed by atoms with van der Waals surface area (Å²) < 4.78 is 5.29. The van der Waals surface area contributed by atoms with E-state index in [1.807, 2.05) is 11.8 Å². The SMILES string of the molecule is CC1CC(C)N(C(=O)[C@@H]2CC[C@H](C(=O)O)O2)C1. The number of carboxylic acid groups (broad SMARTS) is 1. The second-order valence-electron chi connectivity index (χ2n) is 5.21. The number of likely N-dealkylation sites (tertiary alicyclic amines) is 1. The summed E-state index contributed by atoms with van der Waals surface area (Å²) in [6.45, 7) is 4.92. The van der Waals surface area contributed by atoms with Crippen LogP contribution in [0.4, 0.5) is 0 Å². The lowest BCUT2D eigenvalue weighted by molar-refractivity contribution is -0.155. The van der Waals surface area contributed by atoms with Crippen LogP contribution >= 0.6 is 0 Å². The van der Waals surface area contributed by atoms with Gasteiger partial charge in [-0.25, -0.2) is 4.79 Å². The molecule has 2 aliphatic rings. The Hall–Kier alpha value is -1.10. The number of aliphatic carboxylic acids is 1. The Balaban J connectivity index is 1.95. The van der Waals surface area contributed by atoms with E-state index >= 15 is 0 Å². The molecule has 0 radical (unpaired) electrons. The number of carboxylic acids is 1. The zero-order chi connectivity index (χ0) is 12.6. The van der Waals surface area contributed by atoms with Crippen LogP contribution in [-0.2, 0) is 14.3 Å². The monoisotopic (exact) mass is 241 g/mol. The highest BCUT2D eigenvalue weighted by atomic mass is 16.5. The van der Waals surface area contributed by atoms with Crippen LogP contribution in [0.3, 0.4) is 0 Å². The molecule has 2 aliphatic heterocycles. The van der Waals surface area contributed by atoms with Gasteiger partial charge in [0.15, 0.2) is 6.10 Å². The van der Waals surface area contributed by atoms with Gasteiger partial charge in [0.05, 0.1) is 0 Å². The van der Waals surface area contributed by atoms with E-state index in [0.717, 1.165) is 13.0 Å². The zero-order valence-corrected chi connectivity index (χ0v) is 10.3. The van der Waals surface area contributed by atoms with E-state index < -0.39 is 18.2 Å². The molecule has 0 aromatic carbocycles. The van der Waals surface area contributed by atoms with Gasteiger partial charge < -0.3 is 14.7 Å². The Morgan fingerprint density at radius 2 is 1.88 bits per heavy atom. The molecule has 0 aromatic heterocycles. The lowest BCUT2D eigenvalue weighted by Gasteiger charge is -2.24. The van der Waals surface area contributed by atoms with E-state index in [-0.39, 0.29) is 11.9 Å². The van der Waals surface area contributed by atoms with Crippen molar-refractivity contribution in [3.05, 3.63) is 0 Å². The third kappa shape index (κ3) is 2.44. The van der Waals surface area contributed by atoms with Crippen LogP contribution in [0.1, 0.15) is 33.1 Å². The average molecular weight is 241 g/mol. The molecule has 4 atom stereocenters. The molecule has 0 spiro atoms. The molecular weight excluding hydrogens is 222 g/mol. The predicted octanol–water partition coefficient (Wildman–Crippen LogP) is 0.875. The highest BCUT2D eigenvalue weighted by Crippen LogP contribution is 2.27. The van der Waals surface area contributed by atoms with Gasteiger partial charge in [0.2, 0.25) is 0 Å². The van der Waals surface area contributed by atoms with E-state index in [9.17, 15) is 9.59 Å². The Bertz CT molecular complexity index is 330. The first-order valence-corrected chi connectivity index (χ1v) is 6.17. The molecule has 0 saturated carbocycles. The molecule has 17 heavy (non-hydrogen) atoms. The van der Waals surface area contributed by atoms with Gasteiger partial charge in [0.1, 0.15) is 6.10 Å². The summed E-state index contributed by atoms with van der Waals surface area (Å²) >= 11 is 0. The number of ether oxygens (including phenoxy) is 1. The molecule has 5 nitrogen and oxygen atoms in total. The molecule has 2 heterocycles. The predicted molar refractivity (Wildman–Crippen MR) is 60.5 cm³/mol. The average Bonchev–Trinajstić information content (AvgIpc) is 2.84. The van der Waals surface area contributed by atoms with Gasteiger partial charge in [0.25, 0.3) is 5.91 Å². The Labute approximate surface area is 101 Å². The van der Waals surface area contributed by atoms with Crippen LogP contribution < -0.4 is 0 Å². The van der Waals surface area contributed by atoms with Crippen LogP contribution in [0.25, 0.3) is 0 Å². The maximum Gasteiger partial charge on any atom is 0.332 e. The lowest BCUT2D eigenvalue weighted by atomic mass is 10.1. The van der Waals surface area contributed by atoms with Crippen LogP contribution in [0, 0.1) is 5.92 Å². The molecule has 1 amide bonds. The molecule has 2 fully saturated rings. The van der Waals surface area contributed by atoms with E-state index in [1.54, 1.807) is 0 Å². The first-order valence-electron chi connectivity index (χ1n) is 6.17. The second kappa shape index (κ2) is 4.64. The van der Waals surface area contributed by atoms with Crippen molar-refractivity contribution in [1.29, 1.82) is 0 Å². The largest absolute Gasteiger partial charge is 0.479 e. The van der Waals surface area contributed by atoms with Crippen LogP contribution in [-0.4, -0.2) is 46.7 Å². The fourth-order valence-electron chi connectivity index (χ4n) is 2.79. The summed E-state index contributed by atoms with van der Waals surface area (Å²) in [5.74, 6) is -0.487. The second-order valence-corrected chi connectivity index (χ2v) is 5.21. The van der Waals surface area contributed by atoms with Gasteiger partial charge in [-0.2, -0.15) is 0 Å². The number of rotatable bonds is 2. The fourth-order valence-corrected chi connectivity index (χ4v) is 2.79. The van der Waals surface area contributed by atoms with E-state index in [0.29, 0.717) is 18.8 Å². The number of hydrogen-bond donors (Lipinski definition) is 1. The number of hydrogen-bond acceptors (Lipinski definition) is 3. The van der Waals surface area contributed by atoms with Crippen molar-refractivity contribution in [2.45, 2.75) is 51.4 Å². The van der Waals surface area contributed by atoms with Crippen molar-refractivity contribution >= 4 is 11.9 Å². The molecule has 2 unspecified atom stereocenters. The minimum atomic E-state index is -0.969. The molecule has 1 N–H and O–H groups in total. The van der Waals surface area contributed by atoms with Gasteiger partial charge in [-0.1, -0.05) is 6.92 Å². The van der Waals surface area contributed by atoms with Crippen LogP contribution in [0.2, 0.25) is 0 Å². The third-order valence-electron chi connectivity index (χ3n) is 3.64. The van der Waals surface area contributed by atoms with Crippen molar-refractivity contribution < 1.29 is 19.4 Å². The Morgan fingerprint density at radius 1 is 1.24 bits per heavy atom. The van der Waals surface area contributed by atoms with E-state index in [2.05, 4.69) is 6.92 Å². The smallest absolute Gasteiger partial charge is 0.332 e. The Morgan fingerprint density at radius 3 is 2.35 bits per heavy atom. The minimum Gasteiger partial charge on any atom is -0.479 e. The summed E-state index contributed by atoms with van der Waals surface area (Å²) in [4.78, 5) is 24.8. The van der Waals surface area contributed by atoms with Crippen molar-refractivity contribution in [2.24, 2.45) is 5.92 Å². The van der Waals surface area contributed by atoms with Gasteiger partial charge in [-0.05, 0) is 32.1 Å². The Kier molecular flexibility index (Phi) is 3.38. The maximum atomic E-state index is 12.2. The highest BCUT2D eigenvalue weighted by Gasteiger charge is 2.40. The van der Waals surface area contributed by atoms with Gasteiger partial charge in [-0.15, -0.1) is 0 Å². The summed E-state index contributed by atoms with van der Waals surface area (Å²) in [5, 5.41) is 8.82. The molecular formula is C12H19NO4. The quantitative estimate of drug-likeness (QED) is 0.779. The first kappa shape index (κ1) is 12.4. The van der Waals surface area contributed by atoms with E-state index in [1.165, 1.54) is 0 Å². The number of nitrogens with zero attached hydrogens (tertiary/aromatic N) is 1. The summed E-state index contributed by atoms with van der Waals surface area (Å²) in [5.41, 5.74) is 0. The minimum absolute atomic E-state index is 0.0365. The maximum absolute atomic E-state index is 12.2. The van der Waals surface area contributed by atoms with Gasteiger partial charge in [0, 0.05) is 12.6 Å². The lowest BCUT2D eigenvalue weighted by Crippen LogP contribution is -2.41. The zero-order valence-electron chi connectivity index (χ0n) is 10.3. The van der Waals surface area contributed by atoms with E-state index in [4.69, 9.17) is 9.84 Å². The standard InChI is InChI=1S/C12H19NO4/c1-7-5-8(2)13(6-7)11(14)9-3-4-10(17-9)12(15)16/h7-10H,3-6H2,1-2H3,(H,15,16)/t7?,8?,9-,10+/m0/s1. The molecule has 2 rings (SSSR count). The van der Waals surface area contributed by atoms with Crippen LogP contribution in [0.5, 0.6) is 0 Å². The molecule has 0 bridgehead atoms. The van der Waals surface area contributed by atoms with Crippen molar-refractivity contribution in [3.8, 4) is 0 Å². The third-order valence-corrected chi connectivity index (χ3v) is 3.64. The number of amides is 1. The van der Waals surface area contributed by atoms with Crippen molar-refractivity contribution in [1.82, 2.24) is 4.90 Å². The van der Waals surface area contributed by atoms with Crippen molar-refractivity contribution in [3.63, 3.8) is 0 Å². The van der Waals surface area contributed by atoms with Gasteiger partial charge >= 0.3 is 5.97 Å². The first-order chi connectivity index (χ1) is 7.99. The normalized spacial score (nSPS) is 37.4. The molecule has 2 saturated heterocycles. The summed E-state index contributed by atoms with van der Waals surface area (Å²) in [6.07, 6.45) is 0.612. The number of carbonyl (C=O) groups excluding carboxylic acids is 1. The highest BCUT2D eigenvalue weighted by molar-refractivity contribution is 5.83.